The van der Waals surface area contributed by atoms with Gasteiger partial charge in [-0.05, 0) is 30.5 Å². The summed E-state index contributed by atoms with van der Waals surface area (Å²) in [5.41, 5.74) is 0.378. The molecule has 130 valence electrons. The van der Waals surface area contributed by atoms with E-state index in [1.807, 2.05) is 0 Å². The molecule has 0 radical (unpaired) electrons. The molecular weight excluding hydrogens is 362 g/mol. The number of allylic oxidation sites excluding steroid dienone is 1. The standard InChI is InChI=1S/C17H15NO5S2/c1-2-22-16(19)12-23-15-7-4-3-6-13(15)10-14(11-18)25(20,21)17-8-5-9-24-17/h3-10H,2,12H2,1H3. The molecule has 2 rings (SSSR count). The van der Waals surface area contributed by atoms with E-state index < -0.39 is 20.7 Å². The molecule has 0 fully saturated rings. The smallest absolute Gasteiger partial charge is 0.344 e. The zero-order valence-corrected chi connectivity index (χ0v) is 15.0. The van der Waals surface area contributed by atoms with Gasteiger partial charge in [-0.2, -0.15) is 5.26 Å². The summed E-state index contributed by atoms with van der Waals surface area (Å²) in [5, 5.41) is 10.9. The van der Waals surface area contributed by atoms with Crippen LogP contribution in [0.3, 0.4) is 0 Å². The molecule has 8 heteroatoms. The van der Waals surface area contributed by atoms with Gasteiger partial charge in [0, 0.05) is 5.56 Å². The first-order valence-electron chi connectivity index (χ1n) is 7.27. The minimum atomic E-state index is -3.89. The largest absolute Gasteiger partial charge is 0.481 e. The number of sulfone groups is 1. The maximum absolute atomic E-state index is 12.5. The zero-order chi connectivity index (χ0) is 18.3. The van der Waals surface area contributed by atoms with Gasteiger partial charge in [-0.1, -0.05) is 24.3 Å². The van der Waals surface area contributed by atoms with E-state index in [4.69, 9.17) is 9.47 Å². The van der Waals surface area contributed by atoms with Gasteiger partial charge in [0.25, 0.3) is 0 Å². The Morgan fingerprint density at radius 2 is 2.04 bits per heavy atom. The van der Waals surface area contributed by atoms with Crippen molar-refractivity contribution in [3.05, 3.63) is 52.2 Å². The van der Waals surface area contributed by atoms with Crippen LogP contribution in [-0.2, 0) is 19.4 Å². The topological polar surface area (TPSA) is 93.5 Å². The maximum atomic E-state index is 12.5. The molecule has 1 aromatic carbocycles. The van der Waals surface area contributed by atoms with Crippen molar-refractivity contribution in [1.29, 1.82) is 5.26 Å². The fraction of sp³-hybridized carbons (Fsp3) is 0.176. The molecule has 0 amide bonds. The lowest BCUT2D eigenvalue weighted by Crippen LogP contribution is -2.15. The molecular formula is C17H15NO5S2. The van der Waals surface area contributed by atoms with Crippen molar-refractivity contribution in [2.45, 2.75) is 11.1 Å². The molecule has 0 saturated carbocycles. The highest BCUT2D eigenvalue weighted by atomic mass is 32.2. The van der Waals surface area contributed by atoms with Crippen molar-refractivity contribution in [3.8, 4) is 11.8 Å². The van der Waals surface area contributed by atoms with E-state index >= 15 is 0 Å². The molecule has 0 aliphatic rings. The zero-order valence-electron chi connectivity index (χ0n) is 13.3. The Labute approximate surface area is 149 Å². The molecule has 25 heavy (non-hydrogen) atoms. The van der Waals surface area contributed by atoms with Crippen LogP contribution < -0.4 is 4.74 Å². The fourth-order valence-electron chi connectivity index (χ4n) is 1.91. The molecule has 0 N–H and O–H groups in total. The second-order valence-corrected chi connectivity index (χ2v) is 7.78. The first-order valence-corrected chi connectivity index (χ1v) is 9.63. The van der Waals surface area contributed by atoms with Crippen LogP contribution in [0.2, 0.25) is 0 Å². The molecule has 2 aromatic rings. The Morgan fingerprint density at radius 1 is 1.28 bits per heavy atom. The van der Waals surface area contributed by atoms with Crippen LogP contribution in [0.15, 0.2) is 50.9 Å². The average molecular weight is 377 g/mol. The Hall–Kier alpha value is -2.63. The van der Waals surface area contributed by atoms with E-state index in [1.54, 1.807) is 48.7 Å². The third-order valence-corrected chi connectivity index (χ3v) is 6.08. The van der Waals surface area contributed by atoms with Crippen LogP contribution in [0, 0.1) is 11.3 Å². The minimum absolute atomic E-state index is 0.0882. The molecule has 1 heterocycles. The molecule has 6 nitrogen and oxygen atoms in total. The Morgan fingerprint density at radius 3 is 2.68 bits per heavy atom. The number of benzene rings is 1. The van der Waals surface area contributed by atoms with E-state index in [2.05, 4.69) is 0 Å². The van der Waals surface area contributed by atoms with Crippen molar-refractivity contribution in [2.24, 2.45) is 0 Å². The monoisotopic (exact) mass is 377 g/mol. The number of para-hydroxylation sites is 1. The van der Waals surface area contributed by atoms with E-state index in [-0.39, 0.29) is 23.2 Å². The van der Waals surface area contributed by atoms with Crippen molar-refractivity contribution >= 4 is 33.2 Å². The van der Waals surface area contributed by atoms with Crippen molar-refractivity contribution in [1.82, 2.24) is 0 Å². The highest BCUT2D eigenvalue weighted by Gasteiger charge is 2.22. The van der Waals surface area contributed by atoms with Crippen molar-refractivity contribution < 1.29 is 22.7 Å². The van der Waals surface area contributed by atoms with E-state index in [0.29, 0.717) is 5.56 Å². The van der Waals surface area contributed by atoms with Gasteiger partial charge >= 0.3 is 5.97 Å². The van der Waals surface area contributed by atoms with E-state index in [1.165, 1.54) is 12.1 Å². The van der Waals surface area contributed by atoms with Gasteiger partial charge < -0.3 is 9.47 Å². The quantitative estimate of drug-likeness (QED) is 0.544. The Bertz CT molecular complexity index is 909. The SMILES string of the molecule is CCOC(=O)COc1ccccc1C=C(C#N)S(=O)(=O)c1cccs1. The molecule has 0 bridgehead atoms. The van der Waals surface area contributed by atoms with Gasteiger partial charge in [0.2, 0.25) is 9.84 Å². The molecule has 0 aliphatic carbocycles. The van der Waals surface area contributed by atoms with Gasteiger partial charge in [-0.15, -0.1) is 11.3 Å². The molecule has 0 saturated heterocycles. The molecule has 0 atom stereocenters. The van der Waals surface area contributed by atoms with Crippen LogP contribution in [0.5, 0.6) is 5.75 Å². The van der Waals surface area contributed by atoms with Gasteiger partial charge in [-0.25, -0.2) is 13.2 Å². The van der Waals surface area contributed by atoms with E-state index in [0.717, 1.165) is 11.3 Å². The van der Waals surface area contributed by atoms with Crippen LogP contribution in [0.25, 0.3) is 6.08 Å². The number of hydrogen-bond donors (Lipinski definition) is 0. The number of rotatable bonds is 7. The molecule has 1 aromatic heterocycles. The molecule has 0 spiro atoms. The summed E-state index contributed by atoms with van der Waals surface area (Å²) < 4.78 is 35.2. The van der Waals surface area contributed by atoms with Crippen molar-refractivity contribution in [3.63, 3.8) is 0 Å². The predicted molar refractivity (Wildman–Crippen MR) is 93.7 cm³/mol. The minimum Gasteiger partial charge on any atom is -0.481 e. The first kappa shape index (κ1) is 18.7. The lowest BCUT2D eigenvalue weighted by molar-refractivity contribution is -0.145. The summed E-state index contributed by atoms with van der Waals surface area (Å²) in [7, 11) is -3.89. The second-order valence-electron chi connectivity index (χ2n) is 4.69. The van der Waals surface area contributed by atoms with Crippen LogP contribution in [-0.4, -0.2) is 27.6 Å². The van der Waals surface area contributed by atoms with Gasteiger partial charge in [-0.3, -0.25) is 0 Å². The number of ether oxygens (including phenoxy) is 2. The average Bonchev–Trinajstić information content (AvgIpc) is 3.14. The van der Waals surface area contributed by atoms with Crippen molar-refractivity contribution in [2.75, 3.05) is 13.2 Å². The summed E-state index contributed by atoms with van der Waals surface area (Å²) in [5.74, 6) is -0.252. The number of nitriles is 1. The number of esters is 1. The van der Waals surface area contributed by atoms with Crippen LogP contribution in [0.1, 0.15) is 12.5 Å². The normalized spacial score (nSPS) is 11.6. The number of nitrogens with zero attached hydrogens (tertiary/aromatic N) is 1. The summed E-state index contributed by atoms with van der Waals surface area (Å²) >= 11 is 1.04. The summed E-state index contributed by atoms with van der Waals surface area (Å²) in [6, 6.07) is 11.3. The lowest BCUT2D eigenvalue weighted by Gasteiger charge is -2.09. The predicted octanol–water partition coefficient (Wildman–Crippen LogP) is 3.03. The number of carbonyl (C=O) groups is 1. The Kier molecular flexibility index (Phi) is 6.33. The maximum Gasteiger partial charge on any atom is 0.344 e. The number of hydrogen-bond acceptors (Lipinski definition) is 7. The second kappa shape index (κ2) is 8.46. The van der Waals surface area contributed by atoms with Gasteiger partial charge in [0.1, 0.15) is 16.0 Å². The highest BCUT2D eigenvalue weighted by Crippen LogP contribution is 2.27. The first-order chi connectivity index (χ1) is 12.0. The highest BCUT2D eigenvalue weighted by molar-refractivity contribution is 7.97. The molecule has 0 unspecified atom stereocenters. The van der Waals surface area contributed by atoms with Crippen LogP contribution in [0.4, 0.5) is 0 Å². The Balaban J connectivity index is 2.33. The summed E-state index contributed by atoms with van der Waals surface area (Å²) in [6.07, 6.45) is 1.23. The van der Waals surface area contributed by atoms with E-state index in [9.17, 15) is 18.5 Å². The van der Waals surface area contributed by atoms with Crippen LogP contribution >= 0.6 is 11.3 Å². The number of thiophene rings is 1. The summed E-state index contributed by atoms with van der Waals surface area (Å²) in [4.78, 5) is 11.0. The molecule has 0 aliphatic heterocycles. The van der Waals surface area contributed by atoms with Gasteiger partial charge in [0.15, 0.2) is 11.5 Å². The fourth-order valence-corrected chi connectivity index (χ4v) is 4.17. The van der Waals surface area contributed by atoms with Gasteiger partial charge in [0.05, 0.1) is 6.61 Å². The number of carbonyl (C=O) groups excluding carboxylic acids is 1. The lowest BCUT2D eigenvalue weighted by atomic mass is 10.2. The third-order valence-electron chi connectivity index (χ3n) is 3.02. The third kappa shape index (κ3) is 4.68. The summed E-state index contributed by atoms with van der Waals surface area (Å²) in [6.45, 7) is 1.61.